The molecule has 2 amide bonds. The van der Waals surface area contributed by atoms with Crippen molar-refractivity contribution in [3.05, 3.63) is 71.3 Å². The molecule has 1 saturated heterocycles. The largest absolute Gasteiger partial charge is 0.338 e. The van der Waals surface area contributed by atoms with Crippen LogP contribution in [0.2, 0.25) is 0 Å². The Balaban J connectivity index is 1.82. The van der Waals surface area contributed by atoms with Gasteiger partial charge in [-0.15, -0.1) is 4.48 Å². The summed E-state index contributed by atoms with van der Waals surface area (Å²) < 4.78 is 12.9. The van der Waals surface area contributed by atoms with Gasteiger partial charge in [-0.25, -0.2) is 0 Å². The quantitative estimate of drug-likeness (QED) is 0.872. The van der Waals surface area contributed by atoms with Gasteiger partial charge in [0.05, 0.1) is 5.92 Å². The van der Waals surface area contributed by atoms with Crippen LogP contribution in [0.25, 0.3) is 0 Å². The second-order valence-electron chi connectivity index (χ2n) is 6.49. The number of benzene rings is 2. The summed E-state index contributed by atoms with van der Waals surface area (Å²) in [4.78, 5) is 26.4. The predicted octanol–water partition coefficient (Wildman–Crippen LogP) is 3.24. The molecule has 0 radical (unpaired) electrons. The van der Waals surface area contributed by atoms with Gasteiger partial charge >= 0.3 is 0 Å². The van der Waals surface area contributed by atoms with Gasteiger partial charge in [-0.05, 0) is 37.0 Å². The van der Waals surface area contributed by atoms with E-state index < -0.39 is 11.8 Å². The molecule has 2 aromatic carbocycles. The lowest BCUT2D eigenvalue weighted by atomic mass is 9.79. The summed E-state index contributed by atoms with van der Waals surface area (Å²) in [5.74, 6) is -1.50. The summed E-state index contributed by atoms with van der Waals surface area (Å²) >= 11 is 0. The zero-order valence-electron chi connectivity index (χ0n) is 14.1. The van der Waals surface area contributed by atoms with Crippen molar-refractivity contribution in [1.82, 2.24) is 10.4 Å². The third kappa shape index (κ3) is 3.71. The predicted molar refractivity (Wildman–Crippen MR) is 93.6 cm³/mol. The SMILES string of the molecule is Cc1ccc(C2CCN(C(=O)c3ccccc3)CC2C(=O)NF)cc1. The zero-order valence-corrected chi connectivity index (χ0v) is 14.1. The van der Waals surface area contributed by atoms with Crippen molar-refractivity contribution < 1.29 is 14.1 Å². The number of nitrogens with one attached hydrogen (secondary N) is 1. The second-order valence-corrected chi connectivity index (χ2v) is 6.49. The van der Waals surface area contributed by atoms with Crippen LogP contribution in [0.5, 0.6) is 0 Å². The molecule has 2 atom stereocenters. The minimum Gasteiger partial charge on any atom is -0.338 e. The summed E-state index contributed by atoms with van der Waals surface area (Å²) in [5.41, 5.74) is 3.98. The number of likely N-dealkylation sites (tertiary alicyclic amines) is 1. The van der Waals surface area contributed by atoms with Crippen LogP contribution < -0.4 is 5.54 Å². The number of piperidine rings is 1. The van der Waals surface area contributed by atoms with Crippen LogP contribution in [0.15, 0.2) is 54.6 Å². The van der Waals surface area contributed by atoms with E-state index in [-0.39, 0.29) is 18.4 Å². The maximum Gasteiger partial charge on any atom is 0.253 e. The highest BCUT2D eigenvalue weighted by Gasteiger charge is 2.37. The highest BCUT2D eigenvalue weighted by Crippen LogP contribution is 2.34. The fourth-order valence-electron chi connectivity index (χ4n) is 3.45. The highest BCUT2D eigenvalue weighted by molar-refractivity contribution is 5.94. The van der Waals surface area contributed by atoms with Gasteiger partial charge in [0.15, 0.2) is 0 Å². The molecular formula is C20H21FN2O2. The molecule has 1 aliphatic rings. The van der Waals surface area contributed by atoms with Crippen LogP contribution >= 0.6 is 0 Å². The van der Waals surface area contributed by atoms with Gasteiger partial charge in [-0.1, -0.05) is 48.0 Å². The summed E-state index contributed by atoms with van der Waals surface area (Å²) in [5, 5.41) is 0. The van der Waals surface area contributed by atoms with Gasteiger partial charge in [0.25, 0.3) is 11.8 Å². The molecule has 0 aliphatic carbocycles. The van der Waals surface area contributed by atoms with Crippen LogP contribution in [0.4, 0.5) is 4.48 Å². The molecule has 2 aromatic rings. The van der Waals surface area contributed by atoms with Crippen LogP contribution in [-0.4, -0.2) is 29.8 Å². The first kappa shape index (κ1) is 17.1. The van der Waals surface area contributed by atoms with Crippen LogP contribution in [0.3, 0.4) is 0 Å². The van der Waals surface area contributed by atoms with Gasteiger partial charge in [0, 0.05) is 18.7 Å². The lowest BCUT2D eigenvalue weighted by molar-refractivity contribution is -0.131. The normalized spacial score (nSPS) is 20.2. The number of aryl methyl sites for hydroxylation is 1. The molecule has 0 saturated carbocycles. The highest BCUT2D eigenvalue weighted by atomic mass is 19.2. The summed E-state index contributed by atoms with van der Waals surface area (Å²) in [6.07, 6.45) is 0.625. The standard InChI is InChI=1S/C20H21FN2O2/c1-14-7-9-15(10-8-14)17-11-12-23(13-18(17)19(24)22-21)20(25)16-5-3-2-4-6-16/h2-10,17-18H,11-13H2,1H3,(H,22,24). The molecule has 1 aliphatic heterocycles. The van der Waals surface area contributed by atoms with Crippen LogP contribution in [-0.2, 0) is 4.79 Å². The molecule has 1 N–H and O–H groups in total. The lowest BCUT2D eigenvalue weighted by Crippen LogP contribution is -2.47. The molecule has 5 heteroatoms. The number of hydrogen-bond donors (Lipinski definition) is 1. The molecule has 25 heavy (non-hydrogen) atoms. The van der Waals surface area contributed by atoms with Crippen molar-refractivity contribution in [1.29, 1.82) is 0 Å². The number of hydrogen-bond acceptors (Lipinski definition) is 2. The van der Waals surface area contributed by atoms with Crippen molar-refractivity contribution in [3.63, 3.8) is 0 Å². The van der Waals surface area contributed by atoms with Crippen molar-refractivity contribution in [3.8, 4) is 0 Å². The van der Waals surface area contributed by atoms with E-state index in [9.17, 15) is 14.1 Å². The average Bonchev–Trinajstić information content (AvgIpc) is 2.67. The molecular weight excluding hydrogens is 319 g/mol. The molecule has 130 valence electrons. The number of halogens is 1. The monoisotopic (exact) mass is 340 g/mol. The maximum absolute atomic E-state index is 12.9. The van der Waals surface area contributed by atoms with E-state index in [1.54, 1.807) is 29.2 Å². The second kappa shape index (κ2) is 7.47. The van der Waals surface area contributed by atoms with E-state index in [2.05, 4.69) is 0 Å². The Morgan fingerprint density at radius 3 is 2.40 bits per heavy atom. The van der Waals surface area contributed by atoms with Gasteiger partial charge in [-0.3, -0.25) is 9.59 Å². The molecule has 0 aromatic heterocycles. The smallest absolute Gasteiger partial charge is 0.253 e. The Kier molecular flexibility index (Phi) is 5.12. The molecule has 4 nitrogen and oxygen atoms in total. The van der Waals surface area contributed by atoms with Crippen LogP contribution in [0.1, 0.15) is 33.8 Å². The fourth-order valence-corrected chi connectivity index (χ4v) is 3.45. The Morgan fingerprint density at radius 1 is 1.08 bits per heavy atom. The first-order valence-corrected chi connectivity index (χ1v) is 8.41. The molecule has 1 heterocycles. The van der Waals surface area contributed by atoms with Gasteiger partial charge in [0.1, 0.15) is 0 Å². The Morgan fingerprint density at radius 2 is 1.76 bits per heavy atom. The first-order valence-electron chi connectivity index (χ1n) is 8.41. The van der Waals surface area contributed by atoms with Gasteiger partial charge in [-0.2, -0.15) is 5.54 Å². The average molecular weight is 340 g/mol. The third-order valence-corrected chi connectivity index (χ3v) is 4.86. The van der Waals surface area contributed by atoms with E-state index in [1.165, 1.54) is 5.54 Å². The van der Waals surface area contributed by atoms with Crippen molar-refractivity contribution in [2.45, 2.75) is 19.3 Å². The van der Waals surface area contributed by atoms with E-state index in [1.807, 2.05) is 37.3 Å². The summed E-state index contributed by atoms with van der Waals surface area (Å²) in [7, 11) is 0. The van der Waals surface area contributed by atoms with E-state index in [0.29, 0.717) is 18.5 Å². The third-order valence-electron chi connectivity index (χ3n) is 4.86. The Labute approximate surface area is 146 Å². The molecule has 2 unspecified atom stereocenters. The van der Waals surface area contributed by atoms with E-state index in [4.69, 9.17) is 0 Å². The number of amides is 2. The Bertz CT molecular complexity index is 746. The van der Waals surface area contributed by atoms with Crippen molar-refractivity contribution in [2.24, 2.45) is 5.92 Å². The zero-order chi connectivity index (χ0) is 17.8. The number of carbonyl (C=O) groups excluding carboxylic acids is 2. The fraction of sp³-hybridized carbons (Fsp3) is 0.300. The minimum absolute atomic E-state index is 0.101. The van der Waals surface area contributed by atoms with Crippen molar-refractivity contribution >= 4 is 11.8 Å². The lowest BCUT2D eigenvalue weighted by Gasteiger charge is -2.37. The number of nitrogens with zero attached hydrogens (tertiary/aromatic N) is 1. The minimum atomic E-state index is -0.670. The van der Waals surface area contributed by atoms with E-state index in [0.717, 1.165) is 11.1 Å². The summed E-state index contributed by atoms with van der Waals surface area (Å²) in [6.45, 7) is 2.75. The summed E-state index contributed by atoms with van der Waals surface area (Å²) in [6, 6.07) is 16.9. The molecule has 0 bridgehead atoms. The maximum atomic E-state index is 12.9. The van der Waals surface area contributed by atoms with Crippen LogP contribution in [0, 0.1) is 12.8 Å². The number of rotatable bonds is 3. The molecule has 1 fully saturated rings. The Hall–Kier alpha value is -2.69. The van der Waals surface area contributed by atoms with Crippen molar-refractivity contribution in [2.75, 3.05) is 13.1 Å². The van der Waals surface area contributed by atoms with E-state index >= 15 is 0 Å². The number of carbonyl (C=O) groups is 2. The molecule has 3 rings (SSSR count). The molecule has 0 spiro atoms. The topological polar surface area (TPSA) is 49.4 Å². The van der Waals surface area contributed by atoms with Gasteiger partial charge in [0.2, 0.25) is 0 Å². The van der Waals surface area contributed by atoms with Gasteiger partial charge < -0.3 is 4.90 Å². The first-order chi connectivity index (χ1) is 12.1.